The number of nitrogens with zero attached hydrogens (tertiary/aromatic N) is 2. The largest absolute Gasteiger partial charge is 0.312 e. The van der Waals surface area contributed by atoms with Crippen LogP contribution in [0, 0.1) is 0 Å². The van der Waals surface area contributed by atoms with Crippen molar-refractivity contribution in [3.63, 3.8) is 0 Å². The maximum Gasteiger partial charge on any atom is 0.252 e. The van der Waals surface area contributed by atoms with E-state index in [2.05, 4.69) is 120 Å². The average molecular weight is 606 g/mol. The van der Waals surface area contributed by atoms with E-state index in [-0.39, 0.29) is 36.6 Å². The lowest BCUT2D eigenvalue weighted by molar-refractivity contribution is 1.26. The fraction of sp³-hybridized carbons (Fsp3) is 0. The van der Waals surface area contributed by atoms with E-state index in [4.69, 9.17) is 6.85 Å². The summed E-state index contributed by atoms with van der Waals surface area (Å²) in [6.07, 6.45) is 0. The van der Waals surface area contributed by atoms with Gasteiger partial charge < -0.3 is 9.80 Å². The topological polar surface area (TPSA) is 6.48 Å². The van der Waals surface area contributed by atoms with Crippen molar-refractivity contribution in [2.45, 2.75) is 0 Å². The summed E-state index contributed by atoms with van der Waals surface area (Å²) in [6, 6.07) is 50.5. The summed E-state index contributed by atoms with van der Waals surface area (Å²) in [5, 5.41) is 5.29. The minimum Gasteiger partial charge on any atom is -0.312 e. The van der Waals surface area contributed by atoms with Gasteiger partial charge in [0.05, 0.1) is 6.85 Å². The monoisotopic (exact) mass is 605 g/mol. The zero-order valence-electron chi connectivity index (χ0n) is 29.8. The molecule has 7 aromatic rings. The van der Waals surface area contributed by atoms with E-state index >= 15 is 0 Å². The Bertz CT molecular complexity index is 2510. The molecular weight excluding hydrogens is 571 g/mol. The highest BCUT2D eigenvalue weighted by Gasteiger charge is 2.53. The Morgan fingerprint density at radius 1 is 0.457 bits per heavy atom. The lowest BCUT2D eigenvalue weighted by atomic mass is 9.33. The molecule has 0 N–H and O–H groups in total. The van der Waals surface area contributed by atoms with Gasteiger partial charge in [0.1, 0.15) is 0 Å². The predicted octanol–water partition coefficient (Wildman–Crippen LogP) is 5.46. The third-order valence-electron chi connectivity index (χ3n) is 10.00. The average Bonchev–Trinajstić information content (AvgIpc) is 3.19. The molecule has 0 radical (unpaired) electrons. The van der Waals surface area contributed by atoms with E-state index in [1.54, 1.807) is 0 Å². The molecule has 0 fully saturated rings. The molecule has 0 spiro atoms. The van der Waals surface area contributed by atoms with Crippen molar-refractivity contribution in [1.29, 1.82) is 0 Å². The van der Waals surface area contributed by atoms with Gasteiger partial charge in [0.15, 0.2) is 8.07 Å². The standard InChI is InChI=1S/C42H29BN2Si/c1-4-16-30(17-5-1)44-35-24-11-10-22-33(35)43-34-23-14-29-40-42(34)45(38-27-15-26-37(44)41(38)43)36-25-12-13-28-39(36)46(40,31-18-6-2-7-19-31)32-20-8-3-9-21-32/h1-29H/i1D,4D,5D,16D,17D. The van der Waals surface area contributed by atoms with Crippen molar-refractivity contribution in [2.75, 3.05) is 9.80 Å². The summed E-state index contributed by atoms with van der Waals surface area (Å²) in [6.45, 7) is -0.150. The van der Waals surface area contributed by atoms with Gasteiger partial charge in [-0.3, -0.25) is 0 Å². The molecule has 7 aromatic carbocycles. The van der Waals surface area contributed by atoms with Gasteiger partial charge in [0, 0.05) is 34.1 Å². The van der Waals surface area contributed by atoms with Crippen LogP contribution in [0.25, 0.3) is 0 Å². The van der Waals surface area contributed by atoms with E-state index in [0.717, 1.165) is 33.7 Å². The molecule has 0 unspecified atom stereocenters. The van der Waals surface area contributed by atoms with Crippen LogP contribution in [0.15, 0.2) is 176 Å². The van der Waals surface area contributed by atoms with E-state index < -0.39 is 14.1 Å². The fourth-order valence-electron chi connectivity index (χ4n) is 8.38. The highest BCUT2D eigenvalue weighted by atomic mass is 28.3. The lowest BCUT2D eigenvalue weighted by Crippen LogP contribution is -2.79. The van der Waals surface area contributed by atoms with Gasteiger partial charge in [0.25, 0.3) is 6.71 Å². The molecule has 0 aromatic heterocycles. The molecule has 0 aliphatic carbocycles. The van der Waals surface area contributed by atoms with Crippen molar-refractivity contribution in [3.8, 4) is 0 Å². The van der Waals surface area contributed by atoms with Crippen molar-refractivity contribution in [2.24, 2.45) is 0 Å². The zero-order valence-corrected chi connectivity index (χ0v) is 25.8. The Morgan fingerprint density at radius 3 is 1.74 bits per heavy atom. The van der Waals surface area contributed by atoms with E-state index in [1.165, 1.54) is 31.9 Å². The number of benzene rings is 7. The van der Waals surface area contributed by atoms with Crippen LogP contribution in [0.1, 0.15) is 6.85 Å². The van der Waals surface area contributed by atoms with Crippen molar-refractivity contribution >= 4 is 86.0 Å². The molecule has 3 aliphatic rings. The molecule has 46 heavy (non-hydrogen) atoms. The van der Waals surface area contributed by atoms with E-state index in [0.29, 0.717) is 0 Å². The summed E-state index contributed by atoms with van der Waals surface area (Å²) in [5.74, 6) is 0. The first-order valence-corrected chi connectivity index (χ1v) is 17.7. The minimum absolute atomic E-state index is 0.150. The Morgan fingerprint density at radius 2 is 1.00 bits per heavy atom. The second-order valence-corrected chi connectivity index (χ2v) is 15.8. The van der Waals surface area contributed by atoms with Crippen LogP contribution in [-0.4, -0.2) is 14.8 Å². The van der Waals surface area contributed by atoms with Gasteiger partial charge in [-0.1, -0.05) is 139 Å². The van der Waals surface area contributed by atoms with Crippen LogP contribution in [0.5, 0.6) is 0 Å². The third-order valence-corrected chi connectivity index (χ3v) is 14.8. The molecule has 2 nitrogen and oxygen atoms in total. The fourth-order valence-corrected chi connectivity index (χ4v) is 13.5. The summed E-state index contributed by atoms with van der Waals surface area (Å²) in [5.41, 5.74) is 8.41. The molecule has 3 aliphatic heterocycles. The maximum atomic E-state index is 9.03. The summed E-state index contributed by atoms with van der Waals surface area (Å²) in [7, 11) is -2.84. The summed E-state index contributed by atoms with van der Waals surface area (Å²) in [4.78, 5) is 4.32. The lowest BCUT2D eigenvalue weighted by Gasteiger charge is -2.50. The second-order valence-electron chi connectivity index (χ2n) is 12.1. The minimum atomic E-state index is -2.84. The maximum absolute atomic E-state index is 9.03. The normalized spacial score (nSPS) is 16.1. The Kier molecular flexibility index (Phi) is 4.48. The zero-order chi connectivity index (χ0) is 34.6. The van der Waals surface area contributed by atoms with Crippen molar-refractivity contribution < 1.29 is 6.85 Å². The summed E-state index contributed by atoms with van der Waals surface area (Å²) >= 11 is 0. The highest BCUT2D eigenvalue weighted by molar-refractivity contribution is 7.22. The molecule has 3 heterocycles. The number of para-hydroxylation sites is 4. The van der Waals surface area contributed by atoms with Gasteiger partial charge in [-0.15, -0.1) is 0 Å². The Hall–Kier alpha value is -5.58. The van der Waals surface area contributed by atoms with E-state index in [9.17, 15) is 0 Å². The van der Waals surface area contributed by atoms with Crippen molar-refractivity contribution in [3.05, 3.63) is 176 Å². The first-order valence-electron chi connectivity index (χ1n) is 18.2. The number of hydrogen-bond acceptors (Lipinski definition) is 2. The smallest absolute Gasteiger partial charge is 0.252 e. The van der Waals surface area contributed by atoms with Crippen molar-refractivity contribution in [1.82, 2.24) is 0 Å². The Labute approximate surface area is 278 Å². The molecule has 0 amide bonds. The molecule has 0 saturated carbocycles. The number of hydrogen-bond donors (Lipinski definition) is 0. The van der Waals surface area contributed by atoms with Gasteiger partial charge >= 0.3 is 0 Å². The molecule has 0 saturated heterocycles. The molecule has 0 atom stereocenters. The van der Waals surface area contributed by atoms with Crippen LogP contribution < -0.4 is 46.9 Å². The molecular formula is C42H29BN2Si. The van der Waals surface area contributed by atoms with Crippen LogP contribution in [0.4, 0.5) is 34.1 Å². The van der Waals surface area contributed by atoms with Gasteiger partial charge in [-0.2, -0.15) is 0 Å². The molecule has 214 valence electrons. The quantitative estimate of drug-likeness (QED) is 0.247. The Balaban J connectivity index is 1.34. The first-order chi connectivity index (χ1) is 24.9. The van der Waals surface area contributed by atoms with E-state index in [1.807, 2.05) is 35.2 Å². The van der Waals surface area contributed by atoms with Gasteiger partial charge in [-0.05, 0) is 73.5 Å². The summed E-state index contributed by atoms with van der Waals surface area (Å²) < 4.78 is 43.5. The predicted molar refractivity (Wildman–Crippen MR) is 198 cm³/mol. The number of rotatable bonds is 3. The van der Waals surface area contributed by atoms with Crippen LogP contribution in [0.2, 0.25) is 0 Å². The molecule has 4 heteroatoms. The molecule has 10 rings (SSSR count). The van der Waals surface area contributed by atoms with Crippen LogP contribution in [-0.2, 0) is 0 Å². The van der Waals surface area contributed by atoms with Gasteiger partial charge in [-0.25, -0.2) is 0 Å². The second kappa shape index (κ2) is 9.71. The number of anilines is 6. The third kappa shape index (κ3) is 3.26. The SMILES string of the molecule is [2H]c1c([2H])c([2H])c(N2c3ccccc3B3c4cccc5c4N(c4ccccc4[Si]5(c4ccccc4)c4ccccc4)c4cccc2c43)c([2H])c1[2H]. The first kappa shape index (κ1) is 21.2. The van der Waals surface area contributed by atoms with Crippen LogP contribution in [0.3, 0.4) is 0 Å². The van der Waals surface area contributed by atoms with Gasteiger partial charge in [0.2, 0.25) is 0 Å². The highest BCUT2D eigenvalue weighted by Crippen LogP contribution is 2.44. The molecule has 0 bridgehead atoms. The number of fused-ring (bicyclic) bond motifs is 6. The van der Waals surface area contributed by atoms with Crippen LogP contribution >= 0.6 is 0 Å².